The molecule has 180 valence electrons. The zero-order valence-electron chi connectivity index (χ0n) is 18.4. The van der Waals surface area contributed by atoms with Crippen molar-refractivity contribution in [3.8, 4) is 11.4 Å². The zero-order chi connectivity index (χ0) is 24.7. The molecule has 0 saturated carbocycles. The number of nitrogens with zero attached hydrogens (tertiary/aromatic N) is 4. The lowest BCUT2D eigenvalue weighted by atomic mass is 10.0. The van der Waals surface area contributed by atoms with Crippen LogP contribution in [0, 0.1) is 18.6 Å². The highest BCUT2D eigenvalue weighted by atomic mass is 19.3. The van der Waals surface area contributed by atoms with Gasteiger partial charge < -0.3 is 14.6 Å². The van der Waals surface area contributed by atoms with Crippen LogP contribution in [-0.4, -0.2) is 50.8 Å². The largest absolute Gasteiger partial charge is 0.424 e. The second kappa shape index (κ2) is 8.64. The Hall–Kier alpha value is -4.02. The van der Waals surface area contributed by atoms with Crippen LogP contribution in [0.5, 0.6) is 0 Å². The fourth-order valence-corrected chi connectivity index (χ4v) is 4.14. The van der Waals surface area contributed by atoms with E-state index in [1.54, 1.807) is 6.07 Å². The first-order valence-electron chi connectivity index (χ1n) is 10.8. The van der Waals surface area contributed by atoms with Gasteiger partial charge in [0.25, 0.3) is 17.8 Å². The van der Waals surface area contributed by atoms with Gasteiger partial charge in [0.2, 0.25) is 0 Å². The van der Waals surface area contributed by atoms with Crippen molar-refractivity contribution in [1.82, 2.24) is 19.9 Å². The van der Waals surface area contributed by atoms with Gasteiger partial charge in [-0.2, -0.15) is 4.98 Å². The normalized spacial score (nSPS) is 17.2. The van der Waals surface area contributed by atoms with E-state index in [0.717, 1.165) is 11.0 Å². The maximum Gasteiger partial charge on any atom is 0.295 e. The summed E-state index contributed by atoms with van der Waals surface area (Å²) in [5, 5.41) is 2.67. The van der Waals surface area contributed by atoms with Crippen LogP contribution in [0.1, 0.15) is 22.3 Å². The van der Waals surface area contributed by atoms with Gasteiger partial charge in [0.15, 0.2) is 11.4 Å². The lowest BCUT2D eigenvalue weighted by molar-refractivity contribution is -0.0250. The first-order chi connectivity index (χ1) is 16.7. The average molecular weight is 485 g/mol. The Kier molecular flexibility index (Phi) is 5.62. The first kappa shape index (κ1) is 22.8. The molecule has 0 aliphatic carbocycles. The van der Waals surface area contributed by atoms with Crippen molar-refractivity contribution >= 4 is 23.0 Å². The van der Waals surface area contributed by atoms with E-state index in [9.17, 15) is 18.0 Å². The van der Waals surface area contributed by atoms with Gasteiger partial charge in [-0.3, -0.25) is 4.79 Å². The highest BCUT2D eigenvalue weighted by Crippen LogP contribution is 2.37. The Morgan fingerprint density at radius 3 is 2.74 bits per heavy atom. The molecule has 1 atom stereocenters. The summed E-state index contributed by atoms with van der Waals surface area (Å²) in [6.45, 7) is 0.785. The highest BCUT2D eigenvalue weighted by Gasteiger charge is 2.51. The first-order valence-corrected chi connectivity index (χ1v) is 10.8. The summed E-state index contributed by atoms with van der Waals surface area (Å²) >= 11 is 0. The van der Waals surface area contributed by atoms with Crippen LogP contribution < -0.4 is 5.32 Å². The molecule has 3 heterocycles. The summed E-state index contributed by atoms with van der Waals surface area (Å²) in [6.07, 6.45) is 2.29. The lowest BCUT2D eigenvalue weighted by Crippen LogP contribution is -2.47. The molecule has 1 N–H and O–H groups in total. The SMILES string of the molecule is Cc1ccc(-c2ncccn2)c(C(=O)N2CCC(F)(F)[C@H]2CNc2nc3cc(F)ccc3o2)c1F. The van der Waals surface area contributed by atoms with Gasteiger partial charge >= 0.3 is 0 Å². The van der Waals surface area contributed by atoms with E-state index >= 15 is 4.39 Å². The predicted molar refractivity (Wildman–Crippen MR) is 119 cm³/mol. The number of likely N-dealkylation sites (tertiary alicyclic amines) is 1. The van der Waals surface area contributed by atoms with Gasteiger partial charge in [0, 0.05) is 43.5 Å². The minimum absolute atomic E-state index is 0.0965. The van der Waals surface area contributed by atoms with Crippen LogP contribution in [0.3, 0.4) is 0 Å². The fourth-order valence-electron chi connectivity index (χ4n) is 4.14. The number of aryl methyl sites for hydroxylation is 1. The fraction of sp³-hybridized carbons (Fsp3) is 0.250. The Balaban J connectivity index is 1.46. The molecule has 1 saturated heterocycles. The van der Waals surface area contributed by atoms with Crippen molar-refractivity contribution in [2.75, 3.05) is 18.4 Å². The van der Waals surface area contributed by atoms with Crippen LogP contribution in [0.15, 0.2) is 53.2 Å². The standard InChI is InChI=1S/C24H19F4N5O2/c1-13-3-5-15(21-29-8-2-9-30-21)19(20(13)26)22(34)33-10-7-24(27,28)18(33)12-31-23-32-16-11-14(25)4-6-17(16)35-23/h2-6,8-9,11,18H,7,10,12H2,1H3,(H,31,32)/t18-/m1/s1. The quantitative estimate of drug-likeness (QED) is 0.408. The smallest absolute Gasteiger partial charge is 0.295 e. The van der Waals surface area contributed by atoms with Gasteiger partial charge in [0.1, 0.15) is 23.2 Å². The van der Waals surface area contributed by atoms with E-state index in [1.165, 1.54) is 43.6 Å². The average Bonchev–Trinajstić information content (AvgIpc) is 3.38. The van der Waals surface area contributed by atoms with Crippen molar-refractivity contribution in [3.05, 3.63) is 71.6 Å². The number of halogens is 4. The zero-order valence-corrected chi connectivity index (χ0v) is 18.4. The lowest BCUT2D eigenvalue weighted by Gasteiger charge is -2.28. The van der Waals surface area contributed by atoms with E-state index in [-0.39, 0.29) is 46.2 Å². The third-order valence-corrected chi connectivity index (χ3v) is 5.96. The number of fused-ring (bicyclic) bond motifs is 1. The minimum atomic E-state index is -3.25. The van der Waals surface area contributed by atoms with Gasteiger partial charge in [-0.05, 0) is 36.8 Å². The summed E-state index contributed by atoms with van der Waals surface area (Å²) in [4.78, 5) is 26.6. The van der Waals surface area contributed by atoms with E-state index in [2.05, 4.69) is 20.3 Å². The number of oxazole rings is 1. The van der Waals surface area contributed by atoms with Crippen molar-refractivity contribution < 1.29 is 26.8 Å². The molecule has 35 heavy (non-hydrogen) atoms. The number of carbonyl (C=O) groups excluding carboxylic acids is 1. The monoisotopic (exact) mass is 485 g/mol. The predicted octanol–water partition coefficient (Wildman–Crippen LogP) is 4.83. The van der Waals surface area contributed by atoms with Crippen molar-refractivity contribution in [3.63, 3.8) is 0 Å². The number of alkyl halides is 2. The molecule has 2 aromatic carbocycles. The maximum absolute atomic E-state index is 15.2. The van der Waals surface area contributed by atoms with E-state index in [4.69, 9.17) is 4.42 Å². The Bertz CT molecular complexity index is 1410. The van der Waals surface area contributed by atoms with E-state index < -0.39 is 42.5 Å². The number of carbonyl (C=O) groups is 1. The Morgan fingerprint density at radius 1 is 1.20 bits per heavy atom. The summed E-state index contributed by atoms with van der Waals surface area (Å²) in [7, 11) is 0. The van der Waals surface area contributed by atoms with Crippen molar-refractivity contribution in [1.29, 1.82) is 0 Å². The number of aromatic nitrogens is 3. The molecule has 0 radical (unpaired) electrons. The second-order valence-corrected chi connectivity index (χ2v) is 8.23. The van der Waals surface area contributed by atoms with Crippen molar-refractivity contribution in [2.24, 2.45) is 0 Å². The van der Waals surface area contributed by atoms with E-state index in [1.807, 2.05) is 0 Å². The molecule has 0 bridgehead atoms. The summed E-state index contributed by atoms with van der Waals surface area (Å²) in [5.41, 5.74) is 0.424. The number of hydrogen-bond donors (Lipinski definition) is 1. The number of anilines is 1. The number of hydrogen-bond acceptors (Lipinski definition) is 6. The van der Waals surface area contributed by atoms with Crippen LogP contribution in [0.4, 0.5) is 23.6 Å². The van der Waals surface area contributed by atoms with Crippen molar-refractivity contribution in [2.45, 2.75) is 25.3 Å². The topological polar surface area (TPSA) is 84.2 Å². The molecule has 0 spiro atoms. The van der Waals surface area contributed by atoms with Gasteiger partial charge in [-0.1, -0.05) is 6.07 Å². The minimum Gasteiger partial charge on any atom is -0.424 e. The van der Waals surface area contributed by atoms with E-state index in [0.29, 0.717) is 0 Å². The number of benzene rings is 2. The number of nitrogens with one attached hydrogen (secondary N) is 1. The van der Waals surface area contributed by atoms with Crippen LogP contribution in [0.25, 0.3) is 22.5 Å². The van der Waals surface area contributed by atoms with Crippen LogP contribution in [-0.2, 0) is 0 Å². The van der Waals surface area contributed by atoms with Crippen LogP contribution >= 0.6 is 0 Å². The molecule has 7 nitrogen and oxygen atoms in total. The molecular weight excluding hydrogens is 466 g/mol. The van der Waals surface area contributed by atoms with Gasteiger partial charge in [-0.25, -0.2) is 27.5 Å². The number of amides is 1. The molecule has 1 aliphatic rings. The third-order valence-electron chi connectivity index (χ3n) is 5.96. The van der Waals surface area contributed by atoms with Gasteiger partial charge in [-0.15, -0.1) is 0 Å². The molecule has 1 fully saturated rings. The molecule has 11 heteroatoms. The molecule has 5 rings (SSSR count). The summed E-state index contributed by atoms with van der Waals surface area (Å²) in [6, 6.07) is 6.55. The third kappa shape index (κ3) is 4.17. The molecule has 1 amide bonds. The van der Waals surface area contributed by atoms with Gasteiger partial charge in [0.05, 0.1) is 5.56 Å². The maximum atomic E-state index is 15.2. The molecule has 0 unspecified atom stereocenters. The summed E-state index contributed by atoms with van der Waals surface area (Å²) in [5.74, 6) is -5.37. The molecule has 1 aliphatic heterocycles. The second-order valence-electron chi connectivity index (χ2n) is 8.23. The molecular formula is C24H19F4N5O2. The molecule has 2 aromatic heterocycles. The number of rotatable bonds is 5. The Morgan fingerprint density at radius 2 is 1.97 bits per heavy atom. The van der Waals surface area contributed by atoms with Crippen LogP contribution in [0.2, 0.25) is 0 Å². The highest BCUT2D eigenvalue weighted by molar-refractivity contribution is 6.01. The summed E-state index contributed by atoms with van der Waals surface area (Å²) < 4.78 is 63.7. The Labute approximate surface area is 196 Å². The molecule has 4 aromatic rings.